The van der Waals surface area contributed by atoms with Crippen LogP contribution in [0.15, 0.2) is 30.3 Å². The maximum Gasteiger partial charge on any atom is 0.213 e. The SMILES string of the molecule is CCc1nn2c(C=O)c(-c3ccccc3)nc2s1. The number of nitrogens with zero attached hydrogens (tertiary/aromatic N) is 3. The molecular weight excluding hydrogens is 246 g/mol. The fourth-order valence-corrected chi connectivity index (χ4v) is 2.70. The molecule has 0 aliphatic rings. The highest BCUT2D eigenvalue weighted by Crippen LogP contribution is 2.25. The molecule has 0 N–H and O–H groups in total. The average molecular weight is 257 g/mol. The molecule has 0 aliphatic heterocycles. The lowest BCUT2D eigenvalue weighted by Gasteiger charge is -1.96. The minimum absolute atomic E-state index is 0.521. The van der Waals surface area contributed by atoms with Crippen LogP contribution >= 0.6 is 11.3 Å². The molecule has 3 aromatic rings. The quantitative estimate of drug-likeness (QED) is 0.678. The fraction of sp³-hybridized carbons (Fsp3) is 0.154. The molecule has 0 amide bonds. The Hall–Kier alpha value is -2.01. The molecule has 0 aliphatic carbocycles. The van der Waals surface area contributed by atoms with E-state index in [-0.39, 0.29) is 0 Å². The molecular formula is C13H11N3OS. The van der Waals surface area contributed by atoms with E-state index in [4.69, 9.17) is 0 Å². The number of aldehydes is 1. The number of imidazole rings is 1. The van der Waals surface area contributed by atoms with Gasteiger partial charge < -0.3 is 0 Å². The summed E-state index contributed by atoms with van der Waals surface area (Å²) >= 11 is 1.52. The Bertz CT molecular complexity index is 700. The molecule has 0 spiro atoms. The van der Waals surface area contributed by atoms with E-state index in [9.17, 15) is 4.79 Å². The van der Waals surface area contributed by atoms with E-state index in [1.807, 2.05) is 37.3 Å². The topological polar surface area (TPSA) is 47.3 Å². The molecule has 0 radical (unpaired) electrons. The molecule has 0 unspecified atom stereocenters. The summed E-state index contributed by atoms with van der Waals surface area (Å²) in [5.41, 5.74) is 2.16. The molecule has 0 saturated heterocycles. The second-order valence-electron chi connectivity index (χ2n) is 3.87. The minimum atomic E-state index is 0.521. The number of hydrogen-bond donors (Lipinski definition) is 0. The van der Waals surface area contributed by atoms with Gasteiger partial charge in [0, 0.05) is 5.56 Å². The summed E-state index contributed by atoms with van der Waals surface area (Å²) in [7, 11) is 0. The number of carbonyl (C=O) groups is 1. The van der Waals surface area contributed by atoms with Gasteiger partial charge in [-0.05, 0) is 6.42 Å². The van der Waals surface area contributed by atoms with E-state index in [1.54, 1.807) is 4.52 Å². The number of benzene rings is 1. The number of carbonyl (C=O) groups excluding carboxylic acids is 1. The van der Waals surface area contributed by atoms with E-state index in [2.05, 4.69) is 10.1 Å². The largest absolute Gasteiger partial charge is 0.296 e. The second-order valence-corrected chi connectivity index (χ2v) is 4.91. The van der Waals surface area contributed by atoms with Crippen molar-refractivity contribution < 1.29 is 4.79 Å². The predicted octanol–water partition coefficient (Wildman–Crippen LogP) is 2.83. The summed E-state index contributed by atoms with van der Waals surface area (Å²) in [5.74, 6) is 0. The number of fused-ring (bicyclic) bond motifs is 1. The van der Waals surface area contributed by atoms with Crippen molar-refractivity contribution in [3.8, 4) is 11.3 Å². The third-order valence-corrected chi connectivity index (χ3v) is 3.79. The Balaban J connectivity index is 2.24. The van der Waals surface area contributed by atoms with Crippen LogP contribution < -0.4 is 0 Å². The van der Waals surface area contributed by atoms with Crippen LogP contribution in [0.5, 0.6) is 0 Å². The summed E-state index contributed by atoms with van der Waals surface area (Å²) in [5, 5.41) is 5.38. The fourth-order valence-electron chi connectivity index (χ4n) is 1.86. The molecule has 0 bridgehead atoms. The number of aromatic nitrogens is 3. The van der Waals surface area contributed by atoms with Gasteiger partial charge in [0.1, 0.15) is 16.4 Å². The Kier molecular flexibility index (Phi) is 2.68. The number of aryl methyl sites for hydroxylation is 1. The maximum absolute atomic E-state index is 11.3. The summed E-state index contributed by atoms with van der Waals surface area (Å²) in [6.45, 7) is 2.04. The highest BCUT2D eigenvalue weighted by Gasteiger charge is 2.16. The van der Waals surface area contributed by atoms with Crippen molar-refractivity contribution in [1.29, 1.82) is 0 Å². The lowest BCUT2D eigenvalue weighted by atomic mass is 10.1. The van der Waals surface area contributed by atoms with Crippen LogP contribution in [-0.4, -0.2) is 20.9 Å². The highest BCUT2D eigenvalue weighted by molar-refractivity contribution is 7.16. The first-order valence-electron chi connectivity index (χ1n) is 5.72. The zero-order valence-electron chi connectivity index (χ0n) is 9.83. The Morgan fingerprint density at radius 2 is 2.11 bits per heavy atom. The van der Waals surface area contributed by atoms with Gasteiger partial charge in [-0.15, -0.1) is 0 Å². The van der Waals surface area contributed by atoms with Crippen LogP contribution in [0.1, 0.15) is 22.4 Å². The van der Waals surface area contributed by atoms with E-state index in [1.165, 1.54) is 11.3 Å². The third kappa shape index (κ3) is 1.64. The maximum atomic E-state index is 11.3. The Morgan fingerprint density at radius 3 is 2.78 bits per heavy atom. The van der Waals surface area contributed by atoms with Gasteiger partial charge in [0.15, 0.2) is 6.29 Å². The minimum Gasteiger partial charge on any atom is -0.296 e. The lowest BCUT2D eigenvalue weighted by molar-refractivity contribution is 0.111. The van der Waals surface area contributed by atoms with Crippen LogP contribution in [0.2, 0.25) is 0 Å². The molecule has 0 saturated carbocycles. The first kappa shape index (κ1) is 11.1. The second kappa shape index (κ2) is 4.34. The van der Waals surface area contributed by atoms with E-state index >= 15 is 0 Å². The van der Waals surface area contributed by atoms with Gasteiger partial charge in [-0.25, -0.2) is 4.98 Å². The van der Waals surface area contributed by atoms with Gasteiger partial charge in [0.2, 0.25) is 4.96 Å². The molecule has 0 fully saturated rings. The molecule has 4 nitrogen and oxygen atoms in total. The van der Waals surface area contributed by atoms with Crippen LogP contribution in [-0.2, 0) is 6.42 Å². The molecule has 1 aromatic carbocycles. The van der Waals surface area contributed by atoms with Crippen LogP contribution in [0.25, 0.3) is 16.2 Å². The average Bonchev–Trinajstić information content (AvgIpc) is 2.96. The van der Waals surface area contributed by atoms with Crippen molar-refractivity contribution in [1.82, 2.24) is 14.6 Å². The van der Waals surface area contributed by atoms with Crippen molar-refractivity contribution in [2.24, 2.45) is 0 Å². The monoisotopic (exact) mass is 257 g/mol. The standard InChI is InChI=1S/C13H11N3OS/c1-2-11-15-16-10(8-17)12(14-13(16)18-11)9-6-4-3-5-7-9/h3-8H,2H2,1H3. The van der Waals surface area contributed by atoms with Crippen molar-refractivity contribution in [2.45, 2.75) is 13.3 Å². The van der Waals surface area contributed by atoms with E-state index < -0.39 is 0 Å². The van der Waals surface area contributed by atoms with Crippen LogP contribution in [0.3, 0.4) is 0 Å². The summed E-state index contributed by atoms with van der Waals surface area (Å²) < 4.78 is 1.64. The smallest absolute Gasteiger partial charge is 0.213 e. The predicted molar refractivity (Wildman–Crippen MR) is 71.1 cm³/mol. The normalized spacial score (nSPS) is 10.9. The van der Waals surface area contributed by atoms with Gasteiger partial charge in [-0.2, -0.15) is 9.61 Å². The molecule has 3 rings (SSSR count). The molecule has 90 valence electrons. The summed E-state index contributed by atoms with van der Waals surface area (Å²) in [6.07, 6.45) is 1.68. The molecule has 2 heterocycles. The summed E-state index contributed by atoms with van der Waals surface area (Å²) in [6, 6.07) is 9.70. The molecule has 18 heavy (non-hydrogen) atoms. The summed E-state index contributed by atoms with van der Waals surface area (Å²) in [4.78, 5) is 16.6. The highest BCUT2D eigenvalue weighted by atomic mass is 32.1. The number of rotatable bonds is 3. The van der Waals surface area contributed by atoms with E-state index in [0.717, 1.165) is 28.2 Å². The Morgan fingerprint density at radius 1 is 1.33 bits per heavy atom. The van der Waals surface area contributed by atoms with Crippen molar-refractivity contribution in [3.63, 3.8) is 0 Å². The third-order valence-electron chi connectivity index (χ3n) is 2.74. The van der Waals surface area contributed by atoms with Crippen molar-refractivity contribution >= 4 is 22.6 Å². The van der Waals surface area contributed by atoms with Gasteiger partial charge >= 0.3 is 0 Å². The van der Waals surface area contributed by atoms with Crippen LogP contribution in [0.4, 0.5) is 0 Å². The van der Waals surface area contributed by atoms with Crippen LogP contribution in [0, 0.1) is 0 Å². The van der Waals surface area contributed by atoms with Gasteiger partial charge in [-0.3, -0.25) is 4.79 Å². The Labute approximate surface area is 108 Å². The van der Waals surface area contributed by atoms with Gasteiger partial charge in [0.05, 0.1) is 0 Å². The number of hydrogen-bond acceptors (Lipinski definition) is 4. The lowest BCUT2D eigenvalue weighted by Crippen LogP contribution is -1.94. The van der Waals surface area contributed by atoms with Crippen molar-refractivity contribution in [3.05, 3.63) is 41.0 Å². The molecule has 2 aromatic heterocycles. The molecule has 0 atom stereocenters. The first-order chi connectivity index (χ1) is 8.83. The van der Waals surface area contributed by atoms with Gasteiger partial charge in [0.25, 0.3) is 0 Å². The van der Waals surface area contributed by atoms with Crippen molar-refractivity contribution in [2.75, 3.05) is 0 Å². The van der Waals surface area contributed by atoms with Gasteiger partial charge in [-0.1, -0.05) is 48.6 Å². The molecule has 5 heteroatoms. The zero-order chi connectivity index (χ0) is 12.5. The first-order valence-corrected chi connectivity index (χ1v) is 6.54. The zero-order valence-corrected chi connectivity index (χ0v) is 10.6. The van der Waals surface area contributed by atoms with E-state index in [0.29, 0.717) is 11.4 Å².